The first-order chi connectivity index (χ1) is 10.3. The van der Waals surface area contributed by atoms with Gasteiger partial charge in [-0.1, -0.05) is 13.8 Å². The van der Waals surface area contributed by atoms with Crippen molar-refractivity contribution in [3.8, 4) is 5.75 Å². The third-order valence-electron chi connectivity index (χ3n) is 3.78. The number of aryl methyl sites for hydroxylation is 1. The molecule has 0 amide bonds. The van der Waals surface area contributed by atoms with Gasteiger partial charge in [0.1, 0.15) is 18.1 Å². The van der Waals surface area contributed by atoms with E-state index >= 15 is 0 Å². The second kappa shape index (κ2) is 6.40. The first-order valence-electron chi connectivity index (χ1n) is 7.45. The molecular formula is C17H24N2O3. The van der Waals surface area contributed by atoms with Crippen LogP contribution in [0.15, 0.2) is 18.2 Å². The zero-order valence-electron chi connectivity index (χ0n) is 13.9. The predicted octanol–water partition coefficient (Wildman–Crippen LogP) is 2.94. The minimum absolute atomic E-state index is 0.287. The molecule has 0 aliphatic heterocycles. The standard InChI is InChI=1S/C17H24N2O3/c1-11(2)14-10-13(22-7-6-18(3)4)8-12-9-15(17(20)21)19(5)16(12)14/h8-11H,6-7H2,1-5H3,(H,20,21). The number of carbonyl (C=O) groups is 1. The minimum Gasteiger partial charge on any atom is -0.492 e. The number of carboxylic acid groups (broad SMARTS) is 1. The fraction of sp³-hybridized carbons (Fsp3) is 0.471. The number of ether oxygens (including phenoxy) is 1. The summed E-state index contributed by atoms with van der Waals surface area (Å²) < 4.78 is 7.57. The highest BCUT2D eigenvalue weighted by Gasteiger charge is 2.17. The van der Waals surface area contributed by atoms with Crippen LogP contribution < -0.4 is 4.74 Å². The Morgan fingerprint density at radius 1 is 1.32 bits per heavy atom. The molecule has 1 aromatic carbocycles. The summed E-state index contributed by atoms with van der Waals surface area (Å²) in [5, 5.41) is 10.2. The summed E-state index contributed by atoms with van der Waals surface area (Å²) in [6.07, 6.45) is 0. The van der Waals surface area contributed by atoms with Crippen LogP contribution in [0.5, 0.6) is 5.75 Å². The molecule has 2 aromatic rings. The first kappa shape index (κ1) is 16.4. The van der Waals surface area contributed by atoms with E-state index in [1.165, 1.54) is 0 Å². The van der Waals surface area contributed by atoms with Crippen molar-refractivity contribution in [1.82, 2.24) is 9.47 Å². The fourth-order valence-corrected chi connectivity index (χ4v) is 2.59. The zero-order chi connectivity index (χ0) is 16.4. The van der Waals surface area contributed by atoms with E-state index in [1.54, 1.807) is 17.7 Å². The summed E-state index contributed by atoms with van der Waals surface area (Å²) in [4.78, 5) is 13.4. The van der Waals surface area contributed by atoms with E-state index in [0.717, 1.165) is 28.8 Å². The van der Waals surface area contributed by atoms with Crippen molar-refractivity contribution >= 4 is 16.9 Å². The zero-order valence-corrected chi connectivity index (χ0v) is 13.9. The molecule has 5 heteroatoms. The van der Waals surface area contributed by atoms with E-state index in [-0.39, 0.29) is 5.92 Å². The fourth-order valence-electron chi connectivity index (χ4n) is 2.59. The van der Waals surface area contributed by atoms with Gasteiger partial charge < -0.3 is 19.3 Å². The third-order valence-corrected chi connectivity index (χ3v) is 3.78. The molecule has 0 spiro atoms. The second-order valence-corrected chi connectivity index (χ2v) is 6.15. The molecule has 2 rings (SSSR count). The Balaban J connectivity index is 2.47. The van der Waals surface area contributed by atoms with Crippen molar-refractivity contribution in [2.45, 2.75) is 19.8 Å². The molecule has 0 radical (unpaired) electrons. The van der Waals surface area contributed by atoms with Gasteiger partial charge in [-0.25, -0.2) is 4.79 Å². The molecule has 0 aliphatic rings. The van der Waals surface area contributed by atoms with Crippen LogP contribution in [0.3, 0.4) is 0 Å². The van der Waals surface area contributed by atoms with Crippen LogP contribution in [0.25, 0.3) is 10.9 Å². The summed E-state index contributed by atoms with van der Waals surface area (Å²) >= 11 is 0. The number of carboxylic acids is 1. The lowest BCUT2D eigenvalue weighted by molar-refractivity contribution is 0.0687. The predicted molar refractivity (Wildman–Crippen MR) is 88.0 cm³/mol. The van der Waals surface area contributed by atoms with E-state index in [9.17, 15) is 9.90 Å². The lowest BCUT2D eigenvalue weighted by atomic mass is 10.00. The molecular weight excluding hydrogens is 280 g/mol. The molecule has 0 saturated carbocycles. The molecule has 0 aliphatic carbocycles. The van der Waals surface area contributed by atoms with Crippen LogP contribution in [-0.4, -0.2) is 47.8 Å². The van der Waals surface area contributed by atoms with Crippen molar-refractivity contribution in [3.05, 3.63) is 29.5 Å². The van der Waals surface area contributed by atoms with Gasteiger partial charge >= 0.3 is 5.97 Å². The van der Waals surface area contributed by atoms with E-state index < -0.39 is 5.97 Å². The molecule has 1 N–H and O–H groups in total. The molecule has 0 fully saturated rings. The van der Waals surface area contributed by atoms with Crippen LogP contribution in [-0.2, 0) is 7.05 Å². The second-order valence-electron chi connectivity index (χ2n) is 6.15. The Kier molecular flexibility index (Phi) is 4.76. The smallest absolute Gasteiger partial charge is 0.352 e. The van der Waals surface area contributed by atoms with Crippen LogP contribution in [0, 0.1) is 0 Å². The van der Waals surface area contributed by atoms with Crippen molar-refractivity contribution in [1.29, 1.82) is 0 Å². The highest BCUT2D eigenvalue weighted by atomic mass is 16.5. The quantitative estimate of drug-likeness (QED) is 0.891. The van der Waals surface area contributed by atoms with Gasteiger partial charge in [0, 0.05) is 19.0 Å². The molecule has 22 heavy (non-hydrogen) atoms. The number of benzene rings is 1. The maximum atomic E-state index is 11.3. The number of hydrogen-bond donors (Lipinski definition) is 1. The van der Waals surface area contributed by atoms with Crippen LogP contribution in [0.1, 0.15) is 35.8 Å². The van der Waals surface area contributed by atoms with Crippen molar-refractivity contribution in [2.24, 2.45) is 7.05 Å². The summed E-state index contributed by atoms with van der Waals surface area (Å²) in [5.74, 6) is 0.166. The number of aromatic nitrogens is 1. The number of hydrogen-bond acceptors (Lipinski definition) is 3. The first-order valence-corrected chi connectivity index (χ1v) is 7.45. The Labute approximate surface area is 131 Å². The molecule has 5 nitrogen and oxygen atoms in total. The van der Waals surface area contributed by atoms with Gasteiger partial charge in [-0.2, -0.15) is 0 Å². The number of rotatable bonds is 6. The summed E-state index contributed by atoms with van der Waals surface area (Å²) in [7, 11) is 5.80. The Morgan fingerprint density at radius 3 is 2.55 bits per heavy atom. The normalized spacial score (nSPS) is 11.6. The third kappa shape index (κ3) is 3.25. The number of aromatic carboxylic acids is 1. The maximum absolute atomic E-state index is 11.3. The Bertz CT molecular complexity index is 687. The monoisotopic (exact) mass is 304 g/mol. The molecule has 1 heterocycles. The summed E-state index contributed by atoms with van der Waals surface area (Å²) in [5.41, 5.74) is 2.36. The molecule has 0 unspecified atom stereocenters. The van der Waals surface area contributed by atoms with Crippen molar-refractivity contribution in [2.75, 3.05) is 27.2 Å². The minimum atomic E-state index is -0.913. The molecule has 1 aromatic heterocycles. The molecule has 120 valence electrons. The Hall–Kier alpha value is -2.01. The van der Waals surface area contributed by atoms with Crippen molar-refractivity contribution in [3.63, 3.8) is 0 Å². The molecule has 0 bridgehead atoms. The largest absolute Gasteiger partial charge is 0.492 e. The SMILES string of the molecule is CC(C)c1cc(OCCN(C)C)cc2cc(C(=O)O)n(C)c12. The molecule has 0 atom stereocenters. The van der Waals surface area contributed by atoms with Gasteiger partial charge in [0.05, 0.1) is 5.52 Å². The topological polar surface area (TPSA) is 54.7 Å². The molecule has 0 saturated heterocycles. The van der Waals surface area contributed by atoms with Crippen molar-refractivity contribution < 1.29 is 14.6 Å². The van der Waals surface area contributed by atoms with Crippen LogP contribution in [0.4, 0.5) is 0 Å². The lowest BCUT2D eigenvalue weighted by Gasteiger charge is -2.15. The summed E-state index contributed by atoms with van der Waals surface area (Å²) in [6.45, 7) is 5.65. The average molecular weight is 304 g/mol. The van der Waals surface area contributed by atoms with E-state index in [4.69, 9.17) is 4.74 Å². The maximum Gasteiger partial charge on any atom is 0.352 e. The van der Waals surface area contributed by atoms with Crippen LogP contribution in [0.2, 0.25) is 0 Å². The summed E-state index contributed by atoms with van der Waals surface area (Å²) in [6, 6.07) is 5.65. The van der Waals surface area contributed by atoms with E-state index in [0.29, 0.717) is 12.3 Å². The highest BCUT2D eigenvalue weighted by molar-refractivity contribution is 5.96. The number of fused-ring (bicyclic) bond motifs is 1. The van der Waals surface area contributed by atoms with Crippen LogP contribution >= 0.6 is 0 Å². The van der Waals surface area contributed by atoms with Gasteiger partial charge in [-0.15, -0.1) is 0 Å². The Morgan fingerprint density at radius 2 is 2.00 bits per heavy atom. The van der Waals surface area contributed by atoms with Gasteiger partial charge in [-0.05, 0) is 43.8 Å². The highest BCUT2D eigenvalue weighted by Crippen LogP contribution is 2.32. The van der Waals surface area contributed by atoms with E-state index in [2.05, 4.69) is 18.7 Å². The van der Waals surface area contributed by atoms with E-state index in [1.807, 2.05) is 26.2 Å². The average Bonchev–Trinajstić information content (AvgIpc) is 2.75. The number of likely N-dealkylation sites (N-methyl/N-ethyl adjacent to an activating group) is 1. The van der Waals surface area contributed by atoms with Gasteiger partial charge in [-0.3, -0.25) is 0 Å². The number of nitrogens with zero attached hydrogens (tertiary/aromatic N) is 2. The van der Waals surface area contributed by atoms with Gasteiger partial charge in [0.2, 0.25) is 0 Å². The lowest BCUT2D eigenvalue weighted by Crippen LogP contribution is -2.19. The van der Waals surface area contributed by atoms with Gasteiger partial charge in [0.15, 0.2) is 0 Å². The van der Waals surface area contributed by atoms with Gasteiger partial charge in [0.25, 0.3) is 0 Å².